The van der Waals surface area contributed by atoms with E-state index >= 15 is 0 Å². The molecule has 1 aliphatic heterocycles. The van der Waals surface area contributed by atoms with Gasteiger partial charge in [-0.2, -0.15) is 0 Å². The molecule has 0 aromatic carbocycles. The lowest BCUT2D eigenvalue weighted by Crippen LogP contribution is -2.36. The summed E-state index contributed by atoms with van der Waals surface area (Å²) in [4.78, 5) is 11.7. The Kier molecular flexibility index (Phi) is 5.94. The number of morpholine rings is 1. The molecule has 1 aromatic heterocycles. The molecule has 2 heterocycles. The zero-order chi connectivity index (χ0) is 15.2. The minimum atomic E-state index is -0.0157. The highest BCUT2D eigenvalue weighted by Crippen LogP contribution is 2.21. The van der Waals surface area contributed by atoms with E-state index in [0.29, 0.717) is 5.92 Å². The van der Waals surface area contributed by atoms with Crippen LogP contribution >= 0.6 is 0 Å². The normalized spacial score (nSPS) is 20.0. The van der Waals surface area contributed by atoms with Crippen LogP contribution in [-0.2, 0) is 11.2 Å². The van der Waals surface area contributed by atoms with Crippen LogP contribution in [0.3, 0.4) is 0 Å². The Morgan fingerprint density at radius 3 is 2.90 bits per heavy atom. The second kappa shape index (κ2) is 7.71. The highest BCUT2D eigenvalue weighted by atomic mass is 16.5. The average molecular weight is 292 g/mol. The van der Waals surface area contributed by atoms with Crippen LogP contribution in [0.4, 0.5) is 5.82 Å². The van der Waals surface area contributed by atoms with Gasteiger partial charge in [-0.15, -0.1) is 0 Å². The Bertz CT molecular complexity index is 450. The van der Waals surface area contributed by atoms with Crippen molar-refractivity contribution in [2.24, 2.45) is 5.92 Å². The lowest BCUT2D eigenvalue weighted by molar-refractivity contribution is -0.0255. The molecule has 1 atom stereocenters. The van der Waals surface area contributed by atoms with E-state index in [1.54, 1.807) is 0 Å². The van der Waals surface area contributed by atoms with Crippen LogP contribution < -0.4 is 5.32 Å². The van der Waals surface area contributed by atoms with E-state index < -0.39 is 0 Å². The van der Waals surface area contributed by atoms with Crippen molar-refractivity contribution in [1.82, 2.24) is 14.9 Å². The molecule has 0 aliphatic carbocycles. The summed E-state index contributed by atoms with van der Waals surface area (Å²) in [6, 6.07) is 2.08. The molecule has 1 fully saturated rings. The summed E-state index contributed by atoms with van der Waals surface area (Å²) < 4.78 is 5.86. The zero-order valence-electron chi connectivity index (χ0n) is 13.7. The highest BCUT2D eigenvalue weighted by Gasteiger charge is 2.23. The molecule has 0 amide bonds. The molecule has 1 aromatic rings. The van der Waals surface area contributed by atoms with Crippen molar-refractivity contribution < 1.29 is 4.74 Å². The maximum absolute atomic E-state index is 5.86. The van der Waals surface area contributed by atoms with E-state index in [9.17, 15) is 0 Å². The Morgan fingerprint density at radius 2 is 2.24 bits per heavy atom. The van der Waals surface area contributed by atoms with E-state index in [-0.39, 0.29) is 6.10 Å². The molecule has 118 valence electrons. The third-order valence-electron chi connectivity index (χ3n) is 3.53. The first kappa shape index (κ1) is 16.2. The maximum atomic E-state index is 5.86. The first-order valence-electron chi connectivity index (χ1n) is 8.00. The lowest BCUT2D eigenvalue weighted by Gasteiger charge is -2.29. The Balaban J connectivity index is 2.20. The number of ether oxygens (including phenoxy) is 1. The van der Waals surface area contributed by atoms with Gasteiger partial charge >= 0.3 is 0 Å². The standard InChI is InChI=1S/C16H28N4O/c1-5-6-17-15-10-13(9-12(2)3)18-16(19-15)14-11-20(4)7-8-21-14/h10,12,14H,5-9,11H2,1-4H3,(H,17,18,19). The van der Waals surface area contributed by atoms with Gasteiger partial charge in [-0.1, -0.05) is 20.8 Å². The molecule has 1 aliphatic rings. The van der Waals surface area contributed by atoms with Gasteiger partial charge in [0.15, 0.2) is 5.82 Å². The molecule has 0 saturated carbocycles. The maximum Gasteiger partial charge on any atom is 0.161 e. The monoisotopic (exact) mass is 292 g/mol. The zero-order valence-corrected chi connectivity index (χ0v) is 13.7. The van der Waals surface area contributed by atoms with E-state index in [1.807, 2.05) is 0 Å². The Hall–Kier alpha value is -1.20. The number of likely N-dealkylation sites (N-methyl/N-ethyl adjacent to an activating group) is 1. The molecule has 2 rings (SSSR count). The minimum Gasteiger partial charge on any atom is -0.370 e. The van der Waals surface area contributed by atoms with Crippen LogP contribution in [-0.4, -0.2) is 48.2 Å². The van der Waals surface area contributed by atoms with Gasteiger partial charge in [0.25, 0.3) is 0 Å². The number of hydrogen-bond acceptors (Lipinski definition) is 5. The number of hydrogen-bond donors (Lipinski definition) is 1. The van der Waals surface area contributed by atoms with Crippen LogP contribution in [0, 0.1) is 5.92 Å². The number of rotatable bonds is 6. The van der Waals surface area contributed by atoms with Crippen LogP contribution in [0.5, 0.6) is 0 Å². The Labute approximate surface area is 128 Å². The Morgan fingerprint density at radius 1 is 1.43 bits per heavy atom. The van der Waals surface area contributed by atoms with Gasteiger partial charge < -0.3 is 15.0 Å². The van der Waals surface area contributed by atoms with Gasteiger partial charge in [0.05, 0.1) is 6.61 Å². The largest absolute Gasteiger partial charge is 0.370 e. The fourth-order valence-electron chi connectivity index (χ4n) is 2.46. The lowest BCUT2D eigenvalue weighted by atomic mass is 10.1. The average Bonchev–Trinajstić information content (AvgIpc) is 2.44. The van der Waals surface area contributed by atoms with Gasteiger partial charge in [0, 0.05) is 31.4 Å². The first-order chi connectivity index (χ1) is 10.1. The fourth-order valence-corrected chi connectivity index (χ4v) is 2.46. The molecule has 1 N–H and O–H groups in total. The quantitative estimate of drug-likeness (QED) is 0.873. The first-order valence-corrected chi connectivity index (χ1v) is 8.00. The van der Waals surface area contributed by atoms with Crippen molar-refractivity contribution in [2.75, 3.05) is 38.6 Å². The number of nitrogens with zero attached hydrogens (tertiary/aromatic N) is 3. The van der Waals surface area contributed by atoms with Gasteiger partial charge in [0.1, 0.15) is 11.9 Å². The van der Waals surface area contributed by atoms with Crippen LogP contribution in [0.25, 0.3) is 0 Å². The summed E-state index contributed by atoms with van der Waals surface area (Å²) in [5.74, 6) is 2.33. The SMILES string of the molecule is CCCNc1cc(CC(C)C)nc(C2CN(C)CCO2)n1. The number of nitrogens with one attached hydrogen (secondary N) is 1. The van der Waals surface area contributed by atoms with Gasteiger partial charge in [0.2, 0.25) is 0 Å². The second-order valence-electron chi connectivity index (χ2n) is 6.25. The highest BCUT2D eigenvalue weighted by molar-refractivity contribution is 5.36. The third-order valence-corrected chi connectivity index (χ3v) is 3.53. The van der Waals surface area contributed by atoms with Crippen LogP contribution in [0.2, 0.25) is 0 Å². The van der Waals surface area contributed by atoms with Gasteiger partial charge in [-0.3, -0.25) is 0 Å². The summed E-state index contributed by atoms with van der Waals surface area (Å²) in [6.07, 6.45) is 2.04. The molecule has 21 heavy (non-hydrogen) atoms. The molecule has 0 radical (unpaired) electrons. The second-order valence-corrected chi connectivity index (χ2v) is 6.25. The molecule has 1 unspecified atom stereocenters. The summed E-state index contributed by atoms with van der Waals surface area (Å²) >= 11 is 0. The van der Waals surface area contributed by atoms with Crippen molar-refractivity contribution in [2.45, 2.75) is 39.7 Å². The van der Waals surface area contributed by atoms with E-state index in [0.717, 1.165) is 56.4 Å². The molecule has 1 saturated heterocycles. The molecular weight excluding hydrogens is 264 g/mol. The van der Waals surface area contributed by atoms with Crippen molar-refractivity contribution in [3.05, 3.63) is 17.6 Å². The number of aromatic nitrogens is 2. The molecule has 0 bridgehead atoms. The predicted molar refractivity (Wildman–Crippen MR) is 85.5 cm³/mol. The van der Waals surface area contributed by atoms with E-state index in [2.05, 4.69) is 49.1 Å². The van der Waals surface area contributed by atoms with Crippen LogP contribution in [0.1, 0.15) is 44.8 Å². The van der Waals surface area contributed by atoms with E-state index in [1.165, 1.54) is 0 Å². The predicted octanol–water partition coefficient (Wildman–Crippen LogP) is 2.50. The van der Waals surface area contributed by atoms with Crippen molar-refractivity contribution >= 4 is 5.82 Å². The van der Waals surface area contributed by atoms with E-state index in [4.69, 9.17) is 9.72 Å². The third kappa shape index (κ3) is 4.93. The summed E-state index contributed by atoms with van der Waals surface area (Å²) in [7, 11) is 2.11. The van der Waals surface area contributed by atoms with Crippen molar-refractivity contribution in [3.8, 4) is 0 Å². The minimum absolute atomic E-state index is 0.0157. The van der Waals surface area contributed by atoms with Gasteiger partial charge in [-0.25, -0.2) is 9.97 Å². The molecular formula is C16H28N4O. The summed E-state index contributed by atoms with van der Waals surface area (Å²) in [6.45, 7) is 10.1. The summed E-state index contributed by atoms with van der Waals surface area (Å²) in [5.41, 5.74) is 1.10. The fraction of sp³-hybridized carbons (Fsp3) is 0.750. The molecule has 5 nitrogen and oxygen atoms in total. The van der Waals surface area contributed by atoms with Crippen molar-refractivity contribution in [3.63, 3.8) is 0 Å². The van der Waals surface area contributed by atoms with Crippen LogP contribution in [0.15, 0.2) is 6.07 Å². The van der Waals surface area contributed by atoms with Gasteiger partial charge in [-0.05, 0) is 25.8 Å². The summed E-state index contributed by atoms with van der Waals surface area (Å²) in [5, 5.41) is 3.38. The molecule has 0 spiro atoms. The molecule has 5 heteroatoms. The topological polar surface area (TPSA) is 50.3 Å². The number of anilines is 1. The smallest absolute Gasteiger partial charge is 0.161 e. The van der Waals surface area contributed by atoms with Crippen molar-refractivity contribution in [1.29, 1.82) is 0 Å².